The zero-order valence-corrected chi connectivity index (χ0v) is 9.75. The number of carbonyl (C=O) groups excluding carboxylic acids is 1. The molecule has 1 saturated heterocycles. The second kappa shape index (κ2) is 3.22. The van der Waals surface area contributed by atoms with E-state index in [-0.39, 0.29) is 5.91 Å². The van der Waals surface area contributed by atoms with Crippen LogP contribution in [-0.4, -0.2) is 11.6 Å². The highest BCUT2D eigenvalue weighted by Crippen LogP contribution is 2.44. The van der Waals surface area contributed by atoms with Crippen molar-refractivity contribution >= 4 is 23.2 Å². The van der Waals surface area contributed by atoms with Gasteiger partial charge >= 0.3 is 0 Å². The fraction of sp³-hybridized carbons (Fsp3) is 0.417. The fourth-order valence-corrected chi connectivity index (χ4v) is 2.70. The first-order valence-electron chi connectivity index (χ1n) is 5.36. The van der Waals surface area contributed by atoms with Crippen LogP contribution in [0.3, 0.4) is 0 Å². The summed E-state index contributed by atoms with van der Waals surface area (Å²) in [7, 11) is 0. The molecule has 0 bridgehead atoms. The number of nitrogens with zero attached hydrogens (tertiary/aromatic N) is 1. The lowest BCUT2D eigenvalue weighted by Gasteiger charge is -2.40. The Bertz CT molecular complexity index is 474. The summed E-state index contributed by atoms with van der Waals surface area (Å²) in [5, 5.41) is 0.666. The number of hydrogen-bond donors (Lipinski definition) is 0. The highest BCUT2D eigenvalue weighted by molar-refractivity contribution is 6.31. The van der Waals surface area contributed by atoms with Crippen LogP contribution in [0, 0.1) is 0 Å². The fourth-order valence-electron chi connectivity index (χ4n) is 2.48. The van der Waals surface area contributed by atoms with E-state index in [1.165, 1.54) is 0 Å². The average Bonchev–Trinajstić information content (AvgIpc) is 2.56. The first-order valence-corrected chi connectivity index (χ1v) is 5.74. The van der Waals surface area contributed by atoms with Crippen molar-refractivity contribution < 1.29 is 9.53 Å². The summed E-state index contributed by atoms with van der Waals surface area (Å²) in [6, 6.07) is 5.64. The van der Waals surface area contributed by atoms with Crippen LogP contribution < -0.4 is 4.90 Å². The molecule has 2 aliphatic rings. The third kappa shape index (κ3) is 1.22. The molecular formula is C12H12ClNO2. The molecule has 0 saturated carbocycles. The Kier molecular flexibility index (Phi) is 2.03. The van der Waals surface area contributed by atoms with Gasteiger partial charge in [0.05, 0.1) is 12.3 Å². The van der Waals surface area contributed by atoms with Gasteiger partial charge in [0.1, 0.15) is 5.72 Å². The number of hydrogen-bond acceptors (Lipinski definition) is 2. The zero-order chi connectivity index (χ0) is 11.3. The number of carbonyl (C=O) groups is 1. The van der Waals surface area contributed by atoms with Crippen molar-refractivity contribution in [3.8, 4) is 0 Å². The predicted octanol–water partition coefficient (Wildman–Crippen LogP) is 2.71. The van der Waals surface area contributed by atoms with E-state index in [4.69, 9.17) is 16.3 Å². The zero-order valence-electron chi connectivity index (χ0n) is 9.00. The van der Waals surface area contributed by atoms with Crippen LogP contribution in [0.15, 0.2) is 18.2 Å². The minimum absolute atomic E-state index is 0.116. The Morgan fingerprint density at radius 1 is 1.50 bits per heavy atom. The van der Waals surface area contributed by atoms with Crippen LogP contribution in [-0.2, 0) is 16.1 Å². The second-order valence-corrected chi connectivity index (χ2v) is 4.84. The van der Waals surface area contributed by atoms with Crippen LogP contribution in [0.25, 0.3) is 0 Å². The largest absolute Gasteiger partial charge is 0.351 e. The standard InChI is InChI=1S/C12H12ClNO2/c1-12-6-5-11(15)14(12)10-4-2-3-9(13)8(10)7-16-12/h2-4H,5-7H2,1H3. The molecule has 4 heteroatoms. The minimum atomic E-state index is -0.477. The molecule has 1 aromatic carbocycles. The van der Waals surface area contributed by atoms with Gasteiger partial charge in [0.2, 0.25) is 5.91 Å². The number of anilines is 1. The van der Waals surface area contributed by atoms with Crippen molar-refractivity contribution in [2.24, 2.45) is 0 Å². The van der Waals surface area contributed by atoms with Crippen molar-refractivity contribution in [3.05, 3.63) is 28.8 Å². The molecule has 16 heavy (non-hydrogen) atoms. The number of halogens is 1. The summed E-state index contributed by atoms with van der Waals surface area (Å²) in [6.45, 7) is 2.44. The minimum Gasteiger partial charge on any atom is -0.351 e. The van der Waals surface area contributed by atoms with Crippen molar-refractivity contribution in [1.29, 1.82) is 0 Å². The van der Waals surface area contributed by atoms with Crippen LogP contribution in [0.2, 0.25) is 5.02 Å². The van der Waals surface area contributed by atoms with Gasteiger partial charge in [0.25, 0.3) is 0 Å². The molecule has 0 aromatic heterocycles. The Hall–Kier alpha value is -1.06. The maximum atomic E-state index is 11.9. The van der Waals surface area contributed by atoms with Crippen LogP contribution >= 0.6 is 11.6 Å². The molecule has 0 N–H and O–H groups in total. The Morgan fingerprint density at radius 3 is 3.12 bits per heavy atom. The normalized spacial score (nSPS) is 27.9. The molecule has 2 heterocycles. The van der Waals surface area contributed by atoms with E-state index in [9.17, 15) is 4.79 Å². The highest BCUT2D eigenvalue weighted by atomic mass is 35.5. The molecular weight excluding hydrogens is 226 g/mol. The van der Waals surface area contributed by atoms with Crippen molar-refractivity contribution in [3.63, 3.8) is 0 Å². The van der Waals surface area contributed by atoms with Crippen molar-refractivity contribution in [2.45, 2.75) is 32.1 Å². The van der Waals surface area contributed by atoms with Gasteiger partial charge in [-0.3, -0.25) is 9.69 Å². The van der Waals surface area contributed by atoms with Gasteiger partial charge < -0.3 is 4.74 Å². The van der Waals surface area contributed by atoms with Gasteiger partial charge in [0.15, 0.2) is 0 Å². The number of amides is 1. The van der Waals surface area contributed by atoms with E-state index in [1.54, 1.807) is 4.90 Å². The Morgan fingerprint density at radius 2 is 2.31 bits per heavy atom. The third-order valence-corrected chi connectivity index (χ3v) is 3.74. The number of fused-ring (bicyclic) bond motifs is 3. The monoisotopic (exact) mass is 237 g/mol. The maximum Gasteiger partial charge on any atom is 0.229 e. The lowest BCUT2D eigenvalue weighted by Crippen LogP contribution is -2.48. The Labute approximate surface area is 98.9 Å². The molecule has 1 fully saturated rings. The number of rotatable bonds is 0. The van der Waals surface area contributed by atoms with Crippen molar-refractivity contribution in [2.75, 3.05) is 4.90 Å². The molecule has 1 atom stereocenters. The molecule has 3 nitrogen and oxygen atoms in total. The molecule has 1 unspecified atom stereocenters. The summed E-state index contributed by atoms with van der Waals surface area (Å²) < 4.78 is 5.79. The van der Waals surface area contributed by atoms with Crippen LogP contribution in [0.4, 0.5) is 5.69 Å². The number of benzene rings is 1. The lowest BCUT2D eigenvalue weighted by molar-refractivity contribution is -0.120. The van der Waals surface area contributed by atoms with Crippen LogP contribution in [0.5, 0.6) is 0 Å². The Balaban J connectivity index is 2.18. The highest BCUT2D eigenvalue weighted by Gasteiger charge is 2.47. The smallest absolute Gasteiger partial charge is 0.229 e. The molecule has 1 amide bonds. The van der Waals surface area contributed by atoms with E-state index in [2.05, 4.69) is 0 Å². The van der Waals surface area contributed by atoms with E-state index in [1.807, 2.05) is 25.1 Å². The molecule has 2 aliphatic heterocycles. The summed E-state index contributed by atoms with van der Waals surface area (Å²) in [4.78, 5) is 13.6. The molecule has 3 rings (SSSR count). The first kappa shape index (κ1) is 10.1. The predicted molar refractivity (Wildman–Crippen MR) is 61.4 cm³/mol. The average molecular weight is 238 g/mol. The molecule has 0 radical (unpaired) electrons. The van der Waals surface area contributed by atoms with E-state index in [0.29, 0.717) is 18.1 Å². The van der Waals surface area contributed by atoms with Gasteiger partial charge in [-0.25, -0.2) is 0 Å². The molecule has 0 aliphatic carbocycles. The van der Waals surface area contributed by atoms with Gasteiger partial charge in [-0.1, -0.05) is 17.7 Å². The van der Waals surface area contributed by atoms with Gasteiger partial charge in [-0.05, 0) is 19.1 Å². The van der Waals surface area contributed by atoms with Gasteiger partial charge in [-0.2, -0.15) is 0 Å². The molecule has 84 valence electrons. The topological polar surface area (TPSA) is 29.5 Å². The summed E-state index contributed by atoms with van der Waals surface area (Å²) in [6.07, 6.45) is 1.29. The summed E-state index contributed by atoms with van der Waals surface area (Å²) in [5.74, 6) is 0.116. The van der Waals surface area contributed by atoms with E-state index in [0.717, 1.165) is 17.7 Å². The third-order valence-electron chi connectivity index (χ3n) is 3.39. The second-order valence-electron chi connectivity index (χ2n) is 4.43. The first-order chi connectivity index (χ1) is 7.62. The van der Waals surface area contributed by atoms with Crippen LogP contribution in [0.1, 0.15) is 25.3 Å². The van der Waals surface area contributed by atoms with Gasteiger partial charge in [-0.15, -0.1) is 0 Å². The van der Waals surface area contributed by atoms with E-state index >= 15 is 0 Å². The molecule has 0 spiro atoms. The van der Waals surface area contributed by atoms with Gasteiger partial charge in [0, 0.05) is 23.4 Å². The summed E-state index contributed by atoms with van der Waals surface area (Å²) >= 11 is 6.11. The van der Waals surface area contributed by atoms with E-state index < -0.39 is 5.72 Å². The van der Waals surface area contributed by atoms with Crippen molar-refractivity contribution in [1.82, 2.24) is 0 Å². The lowest BCUT2D eigenvalue weighted by atomic mass is 10.1. The summed E-state index contributed by atoms with van der Waals surface area (Å²) in [5.41, 5.74) is 1.34. The quantitative estimate of drug-likeness (QED) is 0.694. The number of ether oxygens (including phenoxy) is 1. The SMILES string of the molecule is CC12CCC(=O)N1c1cccc(Cl)c1CO2. The maximum absolute atomic E-state index is 11.9. The molecule has 1 aromatic rings.